The summed E-state index contributed by atoms with van der Waals surface area (Å²) >= 11 is 5.99. The van der Waals surface area contributed by atoms with Gasteiger partial charge in [-0.05, 0) is 47.6 Å². The highest BCUT2D eigenvalue weighted by molar-refractivity contribution is 7.89. The predicted molar refractivity (Wildman–Crippen MR) is 120 cm³/mol. The van der Waals surface area contributed by atoms with Crippen LogP contribution in [0.3, 0.4) is 0 Å². The monoisotopic (exact) mass is 477 g/mol. The van der Waals surface area contributed by atoms with Crippen molar-refractivity contribution in [1.82, 2.24) is 14.9 Å². The van der Waals surface area contributed by atoms with E-state index >= 15 is 0 Å². The summed E-state index contributed by atoms with van der Waals surface area (Å²) in [6.45, 7) is 4.05. The summed E-state index contributed by atoms with van der Waals surface area (Å²) in [6, 6.07) is 9.39. The van der Waals surface area contributed by atoms with Gasteiger partial charge in [0.25, 0.3) is 0 Å². The van der Waals surface area contributed by atoms with E-state index < -0.39 is 21.8 Å². The van der Waals surface area contributed by atoms with Crippen LogP contribution in [0.2, 0.25) is 5.02 Å². The van der Waals surface area contributed by atoms with Crippen molar-refractivity contribution in [2.45, 2.75) is 49.5 Å². The lowest BCUT2D eigenvalue weighted by Crippen LogP contribution is -2.33. The lowest BCUT2D eigenvalue weighted by molar-refractivity contribution is 0.378. The zero-order valence-corrected chi connectivity index (χ0v) is 19.5. The van der Waals surface area contributed by atoms with Crippen molar-refractivity contribution in [3.63, 3.8) is 0 Å². The summed E-state index contributed by atoms with van der Waals surface area (Å²) in [6.07, 6.45) is 2.02. The molecule has 0 spiro atoms. The van der Waals surface area contributed by atoms with Crippen LogP contribution in [-0.4, -0.2) is 25.7 Å². The van der Waals surface area contributed by atoms with E-state index in [4.69, 9.17) is 20.8 Å². The summed E-state index contributed by atoms with van der Waals surface area (Å²) in [7, 11) is -2.72. The van der Waals surface area contributed by atoms with Gasteiger partial charge in [0.1, 0.15) is 16.7 Å². The molecule has 0 bridgehead atoms. The van der Waals surface area contributed by atoms with Gasteiger partial charge in [-0.1, -0.05) is 43.6 Å². The predicted octanol–water partition coefficient (Wildman–Crippen LogP) is 3.90. The Kier molecular flexibility index (Phi) is 6.15. The summed E-state index contributed by atoms with van der Waals surface area (Å²) in [5, 5.41) is 6.49. The summed E-state index contributed by atoms with van der Waals surface area (Å²) in [5.41, 5.74) is 3.46. The molecule has 170 valence electrons. The van der Waals surface area contributed by atoms with E-state index in [1.54, 1.807) is 0 Å². The van der Waals surface area contributed by atoms with Gasteiger partial charge in [0.2, 0.25) is 15.9 Å². The molecule has 0 fully saturated rings. The van der Waals surface area contributed by atoms with Crippen LogP contribution in [0.15, 0.2) is 50.5 Å². The zero-order chi connectivity index (χ0) is 23.0. The molecule has 8 nitrogen and oxygen atoms in total. The minimum Gasteiger partial charge on any atom is -0.495 e. The Morgan fingerprint density at radius 3 is 2.78 bits per heavy atom. The van der Waals surface area contributed by atoms with Crippen LogP contribution in [0.4, 0.5) is 0 Å². The van der Waals surface area contributed by atoms with Gasteiger partial charge in [-0.25, -0.2) is 18.3 Å². The molecule has 10 heteroatoms. The molecule has 2 N–H and O–H groups in total. The Morgan fingerprint density at radius 2 is 2.09 bits per heavy atom. The van der Waals surface area contributed by atoms with E-state index in [0.29, 0.717) is 10.9 Å². The first kappa shape index (κ1) is 22.6. The second kappa shape index (κ2) is 8.73. The van der Waals surface area contributed by atoms with E-state index in [9.17, 15) is 13.2 Å². The molecule has 1 aromatic heterocycles. The van der Waals surface area contributed by atoms with Crippen LogP contribution in [0.5, 0.6) is 5.75 Å². The summed E-state index contributed by atoms with van der Waals surface area (Å²) in [5.74, 6) is -0.711. The molecular weight excluding hydrogens is 454 g/mol. The Hall–Kier alpha value is -2.62. The number of sulfonamides is 1. The molecule has 3 atom stereocenters. The van der Waals surface area contributed by atoms with Gasteiger partial charge in [-0.2, -0.15) is 4.72 Å². The lowest BCUT2D eigenvalue weighted by atomic mass is 9.86. The highest BCUT2D eigenvalue weighted by Crippen LogP contribution is 2.42. The van der Waals surface area contributed by atoms with Crippen molar-refractivity contribution in [3.8, 4) is 5.75 Å². The van der Waals surface area contributed by atoms with E-state index in [2.05, 4.69) is 27.9 Å². The molecule has 3 aromatic rings. The topological polar surface area (TPSA) is 114 Å². The Labute approximate surface area is 191 Å². The molecule has 0 aliphatic heterocycles. The number of fused-ring (bicyclic) bond motifs is 1. The fourth-order valence-corrected chi connectivity index (χ4v) is 5.96. The number of nitrogens with one attached hydrogen (secondary N) is 2. The fraction of sp³-hybridized carbons (Fsp3) is 0.364. The van der Waals surface area contributed by atoms with Crippen molar-refractivity contribution in [2.75, 3.05) is 7.11 Å². The molecule has 0 amide bonds. The molecule has 3 unspecified atom stereocenters. The Bertz CT molecular complexity index is 1300. The van der Waals surface area contributed by atoms with Crippen molar-refractivity contribution < 1.29 is 17.6 Å². The number of aromatic amines is 1. The molecule has 0 saturated carbocycles. The van der Waals surface area contributed by atoms with E-state index in [1.807, 2.05) is 19.1 Å². The fourth-order valence-electron chi connectivity index (χ4n) is 4.38. The quantitative estimate of drug-likeness (QED) is 0.533. The Morgan fingerprint density at radius 1 is 1.31 bits per heavy atom. The SMILES string of the molecule is COc1cc(Cl)ccc1S(=O)(=O)NC(c1n[nH]c(=O)o1)C(C)c1cccc2c1C(C)CC2. The normalized spacial score (nSPS) is 17.7. The van der Waals surface area contributed by atoms with Crippen molar-refractivity contribution in [1.29, 1.82) is 0 Å². The minimum atomic E-state index is -4.09. The van der Waals surface area contributed by atoms with Gasteiger partial charge >= 0.3 is 5.76 Å². The number of benzene rings is 2. The van der Waals surface area contributed by atoms with Crippen LogP contribution in [0.25, 0.3) is 0 Å². The molecule has 0 radical (unpaired) electrons. The molecular formula is C22H24ClN3O5S. The number of methoxy groups -OCH3 is 1. The highest BCUT2D eigenvalue weighted by Gasteiger charge is 2.35. The number of rotatable bonds is 7. The van der Waals surface area contributed by atoms with Crippen molar-refractivity contribution >= 4 is 21.6 Å². The molecule has 1 aliphatic carbocycles. The maximum Gasteiger partial charge on any atom is 0.434 e. The van der Waals surface area contributed by atoms with Crippen LogP contribution in [0, 0.1) is 0 Å². The number of nitrogens with zero attached hydrogens (tertiary/aromatic N) is 1. The molecule has 0 saturated heterocycles. The van der Waals surface area contributed by atoms with Crippen LogP contribution in [-0.2, 0) is 16.4 Å². The Balaban J connectivity index is 1.78. The number of H-pyrrole nitrogens is 1. The van der Waals surface area contributed by atoms with Gasteiger partial charge in [0.05, 0.1) is 7.11 Å². The lowest BCUT2D eigenvalue weighted by Gasteiger charge is -2.26. The number of ether oxygens (including phenoxy) is 1. The number of aryl methyl sites for hydroxylation is 1. The summed E-state index contributed by atoms with van der Waals surface area (Å²) in [4.78, 5) is 11.6. The number of halogens is 1. The second-order valence-corrected chi connectivity index (χ2v) is 10.1. The third-order valence-electron chi connectivity index (χ3n) is 5.98. The van der Waals surface area contributed by atoms with Gasteiger partial charge in [0, 0.05) is 17.0 Å². The minimum absolute atomic E-state index is 0.0396. The first-order valence-corrected chi connectivity index (χ1v) is 12.1. The largest absolute Gasteiger partial charge is 0.495 e. The van der Waals surface area contributed by atoms with Gasteiger partial charge in [0.15, 0.2) is 0 Å². The number of aromatic nitrogens is 2. The average molecular weight is 478 g/mol. The standard InChI is InChI=1S/C22H24ClN3O5S/c1-12-7-8-14-5-4-6-16(19(12)14)13(2)20(21-24-25-22(27)31-21)26-32(28,29)18-10-9-15(23)11-17(18)30-3/h4-6,9-13,20,26H,7-8H2,1-3H3,(H,25,27). The highest BCUT2D eigenvalue weighted by atomic mass is 35.5. The van der Waals surface area contributed by atoms with Gasteiger partial charge in [-0.3, -0.25) is 0 Å². The average Bonchev–Trinajstić information content (AvgIpc) is 3.37. The first-order valence-electron chi connectivity index (χ1n) is 10.2. The molecule has 32 heavy (non-hydrogen) atoms. The van der Waals surface area contributed by atoms with Gasteiger partial charge in [-0.15, -0.1) is 5.10 Å². The third-order valence-corrected chi connectivity index (χ3v) is 7.69. The van der Waals surface area contributed by atoms with E-state index in [1.165, 1.54) is 36.4 Å². The molecule has 1 heterocycles. The maximum absolute atomic E-state index is 13.4. The van der Waals surface area contributed by atoms with E-state index in [-0.39, 0.29) is 22.5 Å². The van der Waals surface area contributed by atoms with Crippen molar-refractivity contribution in [3.05, 3.63) is 74.6 Å². The molecule has 2 aromatic carbocycles. The maximum atomic E-state index is 13.4. The third kappa shape index (κ3) is 4.20. The van der Waals surface area contributed by atoms with Crippen molar-refractivity contribution in [2.24, 2.45) is 0 Å². The van der Waals surface area contributed by atoms with Crippen LogP contribution < -0.4 is 15.2 Å². The second-order valence-electron chi connectivity index (χ2n) is 7.99. The first-order chi connectivity index (χ1) is 15.2. The number of hydrogen-bond donors (Lipinski definition) is 2. The number of hydrogen-bond acceptors (Lipinski definition) is 6. The van der Waals surface area contributed by atoms with E-state index in [0.717, 1.165) is 18.4 Å². The smallest absolute Gasteiger partial charge is 0.434 e. The van der Waals surface area contributed by atoms with Crippen LogP contribution >= 0.6 is 11.6 Å². The molecule has 1 aliphatic rings. The van der Waals surface area contributed by atoms with Crippen LogP contribution in [0.1, 0.15) is 60.7 Å². The summed E-state index contributed by atoms with van der Waals surface area (Å²) < 4.78 is 39.8. The molecule has 4 rings (SSSR count). The van der Waals surface area contributed by atoms with Gasteiger partial charge < -0.3 is 9.15 Å². The zero-order valence-electron chi connectivity index (χ0n) is 17.9.